The number of carbonyl (C=O) groups excluding carboxylic acids is 4. The lowest BCUT2D eigenvalue weighted by Gasteiger charge is -2.46. The molecule has 55 heavy (non-hydrogen) atoms. The Kier molecular flexibility index (Phi) is 14.8. The van der Waals surface area contributed by atoms with Gasteiger partial charge in [-0.25, -0.2) is 14.0 Å². The lowest BCUT2D eigenvalue weighted by molar-refractivity contribution is -0.290. The molecular formula is C40H61FN4O10. The summed E-state index contributed by atoms with van der Waals surface area (Å²) in [4.78, 5) is 61.9. The molecule has 4 heterocycles. The van der Waals surface area contributed by atoms with Crippen LogP contribution in [0.1, 0.15) is 80.2 Å². The molecule has 0 radical (unpaired) electrons. The number of rotatable bonds is 12. The Morgan fingerprint density at radius 1 is 1.15 bits per heavy atom. The molecule has 4 rings (SSSR count). The third-order valence-corrected chi connectivity index (χ3v) is 11.7. The number of aromatic nitrogens is 1. The van der Waals surface area contributed by atoms with E-state index in [1.54, 1.807) is 53.1 Å². The van der Waals surface area contributed by atoms with Gasteiger partial charge in [0, 0.05) is 69.5 Å². The molecule has 1 aromatic rings. The first-order valence-corrected chi connectivity index (χ1v) is 19.3. The molecule has 0 spiro atoms. The van der Waals surface area contributed by atoms with Crippen molar-refractivity contribution < 1.29 is 52.4 Å². The van der Waals surface area contributed by atoms with Gasteiger partial charge in [0.25, 0.3) is 5.67 Å². The summed E-state index contributed by atoms with van der Waals surface area (Å²) in [5.74, 6) is -5.85. The minimum atomic E-state index is -3.18. The number of alkyl halides is 1. The van der Waals surface area contributed by atoms with E-state index >= 15 is 4.39 Å². The van der Waals surface area contributed by atoms with Gasteiger partial charge < -0.3 is 39.4 Å². The monoisotopic (exact) mass is 776 g/mol. The number of aliphatic hydroxyl groups excluding tert-OH is 1. The summed E-state index contributed by atoms with van der Waals surface area (Å²) in [7, 11) is 1.39. The van der Waals surface area contributed by atoms with Crippen LogP contribution in [0.3, 0.4) is 0 Å². The molecule has 3 fully saturated rings. The number of esters is 1. The zero-order valence-corrected chi connectivity index (χ0v) is 33.7. The number of Topliss-reactive ketones (excluding diaryl/α,β-unsaturated/α-hetero) is 2. The van der Waals surface area contributed by atoms with Crippen molar-refractivity contribution in [2.75, 3.05) is 26.7 Å². The predicted molar refractivity (Wildman–Crippen MR) is 200 cm³/mol. The molecule has 0 bridgehead atoms. The fourth-order valence-corrected chi connectivity index (χ4v) is 8.60. The molecule has 3 aliphatic heterocycles. The molecule has 1 unspecified atom stereocenters. The number of pyridine rings is 1. The van der Waals surface area contributed by atoms with Gasteiger partial charge in [0.15, 0.2) is 17.7 Å². The minimum absolute atomic E-state index is 0.0129. The van der Waals surface area contributed by atoms with Crippen LogP contribution in [0, 0.1) is 17.8 Å². The van der Waals surface area contributed by atoms with Gasteiger partial charge in [-0.05, 0) is 58.6 Å². The Bertz CT molecular complexity index is 1520. The number of ketones is 2. The summed E-state index contributed by atoms with van der Waals surface area (Å²) in [5.41, 5.74) is -5.30. The van der Waals surface area contributed by atoms with E-state index in [0.29, 0.717) is 26.1 Å². The average Bonchev–Trinajstić information content (AvgIpc) is 3.42. The highest BCUT2D eigenvalue weighted by Gasteiger charge is 2.61. The van der Waals surface area contributed by atoms with Crippen LogP contribution >= 0.6 is 0 Å². The van der Waals surface area contributed by atoms with Gasteiger partial charge in [0.05, 0.1) is 23.9 Å². The Morgan fingerprint density at radius 2 is 1.85 bits per heavy atom. The van der Waals surface area contributed by atoms with Crippen LogP contribution < -0.4 is 10.6 Å². The van der Waals surface area contributed by atoms with Crippen molar-refractivity contribution in [1.82, 2.24) is 20.5 Å². The number of aliphatic hydroxyl groups is 1. The topological polar surface area (TPSA) is 175 Å². The molecule has 15 heteroatoms. The molecule has 14 nitrogen and oxygen atoms in total. The molecule has 308 valence electrons. The first-order chi connectivity index (χ1) is 25.9. The number of hydrogen-bond acceptors (Lipinski definition) is 13. The molecule has 1 aromatic heterocycles. The number of nitrogens with zero attached hydrogens (tertiary/aromatic N) is 2. The van der Waals surface area contributed by atoms with Crippen LogP contribution in [-0.2, 0) is 44.6 Å². The van der Waals surface area contributed by atoms with Crippen LogP contribution in [0.2, 0.25) is 0 Å². The minimum Gasteiger partial charge on any atom is -0.455 e. The number of cyclic esters (lactones) is 1. The van der Waals surface area contributed by atoms with Crippen LogP contribution in [0.5, 0.6) is 0 Å². The van der Waals surface area contributed by atoms with Crippen molar-refractivity contribution in [2.45, 2.75) is 141 Å². The molecule has 3 aliphatic rings. The molecule has 0 aromatic carbocycles. The first-order valence-electron chi connectivity index (χ1n) is 19.3. The number of amides is 1. The van der Waals surface area contributed by atoms with Crippen LogP contribution in [0.4, 0.5) is 9.18 Å². The van der Waals surface area contributed by atoms with Gasteiger partial charge in [0.2, 0.25) is 0 Å². The van der Waals surface area contributed by atoms with E-state index in [1.165, 1.54) is 18.9 Å². The Morgan fingerprint density at radius 3 is 2.47 bits per heavy atom. The van der Waals surface area contributed by atoms with E-state index in [0.717, 1.165) is 12.5 Å². The molecular weight excluding hydrogens is 715 g/mol. The highest BCUT2D eigenvalue weighted by molar-refractivity contribution is 6.08. The second-order valence-electron chi connectivity index (χ2n) is 15.9. The number of hydrogen-bond donors (Lipinski definition) is 3. The van der Waals surface area contributed by atoms with Crippen LogP contribution in [-0.4, -0.2) is 125 Å². The number of carbonyl (C=O) groups is 4. The van der Waals surface area contributed by atoms with Gasteiger partial charge in [-0.3, -0.25) is 19.5 Å². The van der Waals surface area contributed by atoms with Gasteiger partial charge in [-0.15, -0.1) is 6.58 Å². The quantitative estimate of drug-likeness (QED) is 0.122. The second kappa shape index (κ2) is 18.3. The first kappa shape index (κ1) is 44.4. The number of ether oxygens (including phenoxy) is 5. The van der Waals surface area contributed by atoms with Gasteiger partial charge in [-0.2, -0.15) is 0 Å². The lowest BCUT2D eigenvalue weighted by atomic mass is 9.73. The Labute approximate surface area is 324 Å². The largest absolute Gasteiger partial charge is 0.455 e. The SMILES string of the molecule is C=CCN[C@H]1C[C@@H](C)O[C@@H](O[C@@H]2[C@H](C)C(=O)[C@](C)(F)C(=O)O[C@H](CC)[C@@]3(C)OC(=O)N(CCNCc4cccnc4)C3[C@@H](C)C(=O)[C@H](C)C[C@@]2(C)OC)[C@H]1O. The summed E-state index contributed by atoms with van der Waals surface area (Å²) in [6.45, 7) is 17.5. The maximum absolute atomic E-state index is 16.8. The summed E-state index contributed by atoms with van der Waals surface area (Å²) in [5, 5.41) is 17.9. The third-order valence-electron chi connectivity index (χ3n) is 11.7. The normalized spacial score (nSPS) is 39.2. The lowest BCUT2D eigenvalue weighted by Crippen LogP contribution is -2.62. The molecule has 0 aliphatic carbocycles. The summed E-state index contributed by atoms with van der Waals surface area (Å²) in [6.07, 6.45) is -0.546. The van der Waals surface area contributed by atoms with E-state index in [4.69, 9.17) is 23.7 Å². The average molecular weight is 777 g/mol. The van der Waals surface area contributed by atoms with Crippen LogP contribution in [0.15, 0.2) is 37.2 Å². The van der Waals surface area contributed by atoms with E-state index in [2.05, 4.69) is 22.2 Å². The summed E-state index contributed by atoms with van der Waals surface area (Å²) < 4.78 is 47.2. The molecule has 0 saturated carbocycles. The molecule has 13 atom stereocenters. The Hall–Kier alpha value is -3.34. The molecule has 3 N–H and O–H groups in total. The maximum atomic E-state index is 16.8. The molecule has 1 amide bonds. The van der Waals surface area contributed by atoms with Crippen molar-refractivity contribution in [3.8, 4) is 0 Å². The van der Waals surface area contributed by atoms with E-state index in [9.17, 15) is 24.3 Å². The smallest absolute Gasteiger partial charge is 0.410 e. The van der Waals surface area contributed by atoms with Crippen molar-refractivity contribution >= 4 is 23.6 Å². The van der Waals surface area contributed by atoms with Crippen LogP contribution in [0.25, 0.3) is 0 Å². The number of nitrogens with one attached hydrogen (secondary N) is 2. The number of fused-ring (bicyclic) bond motifs is 1. The number of methoxy groups -OCH3 is 1. The van der Waals surface area contributed by atoms with Crippen molar-refractivity contribution in [3.63, 3.8) is 0 Å². The Balaban J connectivity index is 1.74. The third kappa shape index (κ3) is 9.45. The fourth-order valence-electron chi connectivity index (χ4n) is 8.60. The maximum Gasteiger partial charge on any atom is 0.410 e. The number of halogens is 1. The zero-order chi connectivity index (χ0) is 40.9. The summed E-state index contributed by atoms with van der Waals surface area (Å²) >= 11 is 0. The zero-order valence-electron chi connectivity index (χ0n) is 33.7. The summed E-state index contributed by atoms with van der Waals surface area (Å²) in [6, 6.07) is 2.33. The standard InChI is InChI=1S/C40H61FN4O10/c1-11-15-44-28-19-24(4)52-35(31(28)47)54-34-26(6)33(48)39(8,41)36(49)53-29(12-2)40(9)32(25(5)30(46)23(3)20-38(34,7)51-10)45(37(50)55-40)18-17-43-22-27-14-13-16-42-21-27/h11,13-14,16,21,23-26,28-29,31-32,34-35,43-44,47H,1,12,15,17-20,22H2,2-10H3/t23-,24-,25+,26-,28+,29-,31+,32?,34-,35+,38-,39+,40-/m1/s1. The van der Waals surface area contributed by atoms with Crippen molar-refractivity contribution in [3.05, 3.63) is 42.7 Å². The van der Waals surface area contributed by atoms with E-state index in [-0.39, 0.29) is 31.3 Å². The van der Waals surface area contributed by atoms with E-state index < -0.39 is 89.2 Å². The van der Waals surface area contributed by atoms with Gasteiger partial charge in [0.1, 0.15) is 18.0 Å². The second-order valence-corrected chi connectivity index (χ2v) is 15.9. The van der Waals surface area contributed by atoms with Crippen molar-refractivity contribution in [1.29, 1.82) is 0 Å². The highest BCUT2D eigenvalue weighted by Crippen LogP contribution is 2.43. The van der Waals surface area contributed by atoms with Gasteiger partial charge >= 0.3 is 12.1 Å². The molecule has 3 saturated heterocycles. The van der Waals surface area contributed by atoms with E-state index in [1.807, 2.05) is 19.1 Å². The van der Waals surface area contributed by atoms with Crippen molar-refractivity contribution in [2.24, 2.45) is 17.8 Å². The highest BCUT2D eigenvalue weighted by atomic mass is 19.1. The van der Waals surface area contributed by atoms with Gasteiger partial charge in [-0.1, -0.05) is 39.8 Å². The fraction of sp³-hybridized carbons (Fsp3) is 0.725. The predicted octanol–water partition coefficient (Wildman–Crippen LogP) is 3.68.